The molecule has 0 fully saturated rings. The Kier molecular flexibility index (Phi) is 19.1. The number of anilines is 1. The highest BCUT2D eigenvalue weighted by Crippen LogP contribution is 2.28. The summed E-state index contributed by atoms with van der Waals surface area (Å²) < 4.78 is 139. The summed E-state index contributed by atoms with van der Waals surface area (Å²) in [6, 6.07) is 28.1. The lowest BCUT2D eigenvalue weighted by Crippen LogP contribution is -2.14. The average Bonchev–Trinajstić information content (AvgIpc) is 0.985. The molecule has 19 nitrogen and oxygen atoms in total. The van der Waals surface area contributed by atoms with Gasteiger partial charge in [0.1, 0.15) is 81.2 Å². The standard InChI is InChI=1S/C20H13F3N4O2.C20H12F3N3O2.C15H9F3N2O2.C5H3BrN2O2/c21-11-5-16(22)15(17(23)6-11)9-27-10-26-20(28)14-7-12(1-3-18(14)27)29-13-2-4-19(24)25-8-13;21-12-7-16(22)15(17(23)8-12)10-26-11-25-20(27)14-9-13(4-5-18(14)26)28-19-3-1-2-6-24-19;16-8-3-12(17)11(13(18)4-8)6-20-7-19-15(22)10-5-9(21)1-2-14(10)20;6-4-1-2-5(7-3-4)8(9)10/h1-8,10H,9H2,(H2,24,25);1-9,11H,10H2;1-5,7,21H,6H2;1-3H. The molecule has 0 aliphatic heterocycles. The average molecular weight is 1290 g/mol. The molecule has 12 aromatic rings. The van der Waals surface area contributed by atoms with Crippen LogP contribution in [-0.4, -0.2) is 53.6 Å². The Morgan fingerprint density at radius 2 is 0.910 bits per heavy atom. The maximum atomic E-state index is 14.0. The van der Waals surface area contributed by atoms with E-state index in [4.69, 9.17) is 15.2 Å². The van der Waals surface area contributed by atoms with Crippen LogP contribution in [0.15, 0.2) is 190 Å². The number of pyridine rings is 3. The minimum absolute atomic E-state index is 0.116. The number of phenolic OH excluding ortho intramolecular Hbond substituents is 1. The molecule has 0 unspecified atom stereocenters. The summed E-state index contributed by atoms with van der Waals surface area (Å²) in [5.74, 6) is -7.59. The van der Waals surface area contributed by atoms with Crippen LogP contribution in [0, 0.1) is 62.5 Å². The minimum Gasteiger partial charge on any atom is -0.508 e. The predicted octanol–water partition coefficient (Wildman–Crippen LogP) is 12.0. The monoisotopic (exact) mass is 1290 g/mol. The third-order valence-corrected chi connectivity index (χ3v) is 13.0. The SMILES string of the molecule is Nc1ccc(Oc2ccc3c(c2)c(=O)ncn3Cc2c(F)cc(F)cc2F)cn1.O=[N+]([O-])c1ccc(Br)cn1.O=c1ncn(Cc2c(F)cc(F)cc2F)c2ccc(O)cc12.O=c1ncn(Cc2c(F)cc(F)cc2F)c2ccc(Oc3ccccn3)cc12. The molecule has 0 amide bonds. The summed E-state index contributed by atoms with van der Waals surface area (Å²) in [6.45, 7) is -0.807. The largest absolute Gasteiger partial charge is 0.508 e. The smallest absolute Gasteiger partial charge is 0.363 e. The van der Waals surface area contributed by atoms with Crippen LogP contribution in [0.4, 0.5) is 51.1 Å². The molecule has 12 rings (SSSR count). The van der Waals surface area contributed by atoms with Crippen molar-refractivity contribution in [3.63, 3.8) is 0 Å². The number of nitrogens with zero attached hydrogens (tertiary/aromatic N) is 10. The van der Waals surface area contributed by atoms with Crippen molar-refractivity contribution in [3.8, 4) is 28.9 Å². The second-order valence-electron chi connectivity index (χ2n) is 18.5. The number of nitro groups is 1. The van der Waals surface area contributed by atoms with Crippen molar-refractivity contribution in [1.29, 1.82) is 0 Å². The summed E-state index contributed by atoms with van der Waals surface area (Å²) in [5.41, 5.74) is 4.03. The topological polar surface area (TPSA) is 251 Å². The molecular formula is C60H37BrF9N11O8. The number of rotatable bonds is 11. The number of benzene rings is 6. The lowest BCUT2D eigenvalue weighted by Gasteiger charge is -2.13. The van der Waals surface area contributed by atoms with Crippen LogP contribution in [-0.2, 0) is 19.6 Å². The van der Waals surface area contributed by atoms with Gasteiger partial charge in [-0.1, -0.05) is 6.07 Å². The fourth-order valence-electron chi connectivity index (χ4n) is 8.36. The van der Waals surface area contributed by atoms with Gasteiger partial charge < -0.3 is 44.1 Å². The normalized spacial score (nSPS) is 10.8. The summed E-state index contributed by atoms with van der Waals surface area (Å²) in [5, 5.41) is 20.0. The molecule has 6 aromatic carbocycles. The molecule has 0 aliphatic rings. The quantitative estimate of drug-likeness (QED) is 0.0694. The van der Waals surface area contributed by atoms with Crippen molar-refractivity contribution in [2.24, 2.45) is 0 Å². The molecule has 3 N–H and O–H groups in total. The van der Waals surface area contributed by atoms with Gasteiger partial charge in [0.25, 0.3) is 16.7 Å². The van der Waals surface area contributed by atoms with Crippen LogP contribution in [0.5, 0.6) is 28.9 Å². The number of phenols is 1. The molecule has 450 valence electrons. The number of nitrogen functional groups attached to an aromatic ring is 1. The third kappa shape index (κ3) is 15.4. The summed E-state index contributed by atoms with van der Waals surface area (Å²) >= 11 is 3.11. The van der Waals surface area contributed by atoms with Crippen molar-refractivity contribution in [2.75, 3.05) is 5.73 Å². The van der Waals surface area contributed by atoms with Gasteiger partial charge in [-0.2, -0.15) is 15.0 Å². The first-order valence-corrected chi connectivity index (χ1v) is 26.2. The lowest BCUT2D eigenvalue weighted by atomic mass is 10.1. The zero-order valence-electron chi connectivity index (χ0n) is 44.9. The van der Waals surface area contributed by atoms with E-state index < -0.39 is 74.0 Å². The molecule has 0 radical (unpaired) electrons. The summed E-state index contributed by atoms with van der Waals surface area (Å²) in [4.78, 5) is 68.1. The first kappa shape index (κ1) is 62.2. The van der Waals surface area contributed by atoms with Gasteiger partial charge in [-0.05, 0) is 105 Å². The Morgan fingerprint density at radius 1 is 0.483 bits per heavy atom. The highest BCUT2D eigenvalue weighted by Gasteiger charge is 2.18. The number of aromatic nitrogens is 9. The second-order valence-corrected chi connectivity index (χ2v) is 19.4. The molecular weight excluding hydrogens is 1250 g/mol. The van der Waals surface area contributed by atoms with Crippen molar-refractivity contribution in [2.45, 2.75) is 19.6 Å². The van der Waals surface area contributed by atoms with Crippen molar-refractivity contribution in [1.82, 2.24) is 43.6 Å². The molecule has 0 aliphatic carbocycles. The third-order valence-electron chi connectivity index (χ3n) is 12.5. The number of ether oxygens (including phenoxy) is 2. The van der Waals surface area contributed by atoms with Crippen LogP contribution in [0.25, 0.3) is 32.7 Å². The molecule has 0 atom stereocenters. The fourth-order valence-corrected chi connectivity index (χ4v) is 8.59. The van der Waals surface area contributed by atoms with Gasteiger partial charge in [-0.3, -0.25) is 14.4 Å². The number of fused-ring (bicyclic) bond motifs is 3. The highest BCUT2D eigenvalue weighted by molar-refractivity contribution is 9.10. The van der Waals surface area contributed by atoms with Crippen molar-refractivity contribution < 1.29 is 59.0 Å². The Bertz CT molecular complexity index is 4750. The molecule has 0 saturated carbocycles. The van der Waals surface area contributed by atoms with Gasteiger partial charge in [-0.25, -0.2) is 49.5 Å². The van der Waals surface area contributed by atoms with Crippen LogP contribution in [0.1, 0.15) is 16.7 Å². The van der Waals surface area contributed by atoms with E-state index in [9.17, 15) is 69.1 Å². The Labute approximate surface area is 501 Å². The predicted molar refractivity (Wildman–Crippen MR) is 308 cm³/mol. The molecule has 0 saturated heterocycles. The first-order chi connectivity index (χ1) is 42.6. The first-order valence-electron chi connectivity index (χ1n) is 25.4. The maximum Gasteiger partial charge on any atom is 0.363 e. The van der Waals surface area contributed by atoms with Crippen molar-refractivity contribution in [3.05, 3.63) is 286 Å². The Balaban J connectivity index is 0.000000148. The van der Waals surface area contributed by atoms with Gasteiger partial charge in [0.05, 0.1) is 82.0 Å². The van der Waals surface area contributed by atoms with E-state index in [2.05, 4.69) is 45.8 Å². The van der Waals surface area contributed by atoms with Gasteiger partial charge in [0.15, 0.2) is 6.20 Å². The fraction of sp³-hybridized carbons (Fsp3) is 0.0500. The van der Waals surface area contributed by atoms with E-state index in [1.54, 1.807) is 66.9 Å². The van der Waals surface area contributed by atoms with E-state index >= 15 is 0 Å². The molecule has 6 heterocycles. The summed E-state index contributed by atoms with van der Waals surface area (Å²) in [7, 11) is 0. The maximum absolute atomic E-state index is 14.0. The molecule has 29 heteroatoms. The minimum atomic E-state index is -1.02. The zero-order chi connectivity index (χ0) is 63.6. The number of nitrogens with two attached hydrogens (primary N) is 1. The van der Waals surface area contributed by atoms with E-state index in [0.29, 0.717) is 81.9 Å². The number of hydrogen-bond acceptors (Lipinski definition) is 15. The second kappa shape index (κ2) is 27.3. The molecule has 0 bridgehead atoms. The molecule has 6 aromatic heterocycles. The van der Waals surface area contributed by atoms with E-state index in [-0.39, 0.29) is 64.1 Å². The lowest BCUT2D eigenvalue weighted by molar-refractivity contribution is -0.389. The Hall–Kier alpha value is -11.4. The van der Waals surface area contributed by atoms with E-state index in [0.717, 1.165) is 10.8 Å². The van der Waals surface area contributed by atoms with Gasteiger partial charge in [0.2, 0.25) is 5.88 Å². The van der Waals surface area contributed by atoms with Gasteiger partial charge in [0, 0.05) is 71.4 Å². The molecule has 89 heavy (non-hydrogen) atoms. The number of halogens is 10. The number of hydrogen-bond donors (Lipinski definition) is 2. The summed E-state index contributed by atoms with van der Waals surface area (Å²) in [6.07, 6.45) is 7.89. The number of aromatic hydroxyl groups is 1. The zero-order valence-corrected chi connectivity index (χ0v) is 46.5. The van der Waals surface area contributed by atoms with Gasteiger partial charge in [-0.15, -0.1) is 0 Å². The van der Waals surface area contributed by atoms with Crippen LogP contribution >= 0.6 is 15.9 Å². The highest BCUT2D eigenvalue weighted by atomic mass is 79.9. The van der Waals surface area contributed by atoms with Crippen LogP contribution in [0.2, 0.25) is 0 Å². The molecule has 0 spiro atoms. The van der Waals surface area contributed by atoms with Gasteiger partial charge >= 0.3 is 5.82 Å². The van der Waals surface area contributed by atoms with Crippen molar-refractivity contribution >= 4 is 60.3 Å². The van der Waals surface area contributed by atoms with Crippen LogP contribution < -0.4 is 31.9 Å². The van der Waals surface area contributed by atoms with Crippen LogP contribution in [0.3, 0.4) is 0 Å². The Morgan fingerprint density at radius 3 is 1.30 bits per heavy atom. The van der Waals surface area contributed by atoms with E-state index in [1.165, 1.54) is 75.1 Å². The van der Waals surface area contributed by atoms with E-state index in [1.807, 2.05) is 0 Å².